The molecule has 2 N–H and O–H groups in total. The molecule has 5 nitrogen and oxygen atoms in total. The Balaban J connectivity index is 0.00000264. The number of hydrogen-bond donors (Lipinski definition) is 1. The molecule has 1 amide bonds. The molecule has 0 aliphatic carbocycles. The summed E-state index contributed by atoms with van der Waals surface area (Å²) in [6, 6.07) is 5.21. The zero-order chi connectivity index (χ0) is 16.3. The lowest BCUT2D eigenvalue weighted by atomic mass is 9.90. The van der Waals surface area contributed by atoms with Gasteiger partial charge >= 0.3 is 0 Å². The molecule has 0 saturated carbocycles. The summed E-state index contributed by atoms with van der Waals surface area (Å²) in [6.45, 7) is 5.63. The zero-order valence-electron chi connectivity index (χ0n) is 13.9. The number of amides is 1. The highest BCUT2D eigenvalue weighted by atomic mass is 35.5. The molecule has 1 heterocycles. The standard InChI is InChI=1S/C17H24N2O3.ClH/c1-12(20)13-4-5-15(22-3)14(8-13)9-16(21)19-7-6-17(2,10-18)11-19;/h4-5,8H,6-7,9-11,18H2,1-3H3;1H. The van der Waals surface area contributed by atoms with Crippen molar-refractivity contribution in [2.24, 2.45) is 11.1 Å². The lowest BCUT2D eigenvalue weighted by Crippen LogP contribution is -2.35. The van der Waals surface area contributed by atoms with Crippen LogP contribution in [-0.2, 0) is 11.2 Å². The summed E-state index contributed by atoms with van der Waals surface area (Å²) in [4.78, 5) is 25.9. The van der Waals surface area contributed by atoms with Crippen molar-refractivity contribution < 1.29 is 14.3 Å². The number of carbonyl (C=O) groups excluding carboxylic acids is 2. The van der Waals surface area contributed by atoms with Gasteiger partial charge in [-0.25, -0.2) is 0 Å². The van der Waals surface area contributed by atoms with Gasteiger partial charge in [0.15, 0.2) is 5.78 Å². The number of Topliss-reactive ketones (excluding diaryl/α,β-unsaturated/α-hetero) is 1. The van der Waals surface area contributed by atoms with Crippen LogP contribution in [0.1, 0.15) is 36.2 Å². The first kappa shape index (κ1) is 19.5. The van der Waals surface area contributed by atoms with Crippen LogP contribution in [0.15, 0.2) is 18.2 Å². The van der Waals surface area contributed by atoms with Gasteiger partial charge in [0.25, 0.3) is 0 Å². The van der Waals surface area contributed by atoms with Crippen LogP contribution in [0, 0.1) is 5.41 Å². The molecule has 6 heteroatoms. The van der Waals surface area contributed by atoms with E-state index in [1.165, 1.54) is 6.92 Å². The summed E-state index contributed by atoms with van der Waals surface area (Å²) in [5.74, 6) is 0.670. The monoisotopic (exact) mass is 340 g/mol. The second-order valence-electron chi connectivity index (χ2n) is 6.34. The van der Waals surface area contributed by atoms with Crippen LogP contribution in [0.5, 0.6) is 5.75 Å². The third-order valence-corrected chi connectivity index (χ3v) is 4.43. The lowest BCUT2D eigenvalue weighted by molar-refractivity contribution is -0.129. The molecule has 0 bridgehead atoms. The first-order valence-corrected chi connectivity index (χ1v) is 7.54. The average Bonchev–Trinajstić information content (AvgIpc) is 2.90. The van der Waals surface area contributed by atoms with E-state index < -0.39 is 0 Å². The maximum absolute atomic E-state index is 12.5. The second-order valence-corrected chi connectivity index (χ2v) is 6.34. The number of nitrogens with two attached hydrogens (primary N) is 1. The van der Waals surface area contributed by atoms with Gasteiger partial charge in [0, 0.05) is 24.2 Å². The van der Waals surface area contributed by atoms with Crippen molar-refractivity contribution in [3.8, 4) is 5.75 Å². The summed E-state index contributed by atoms with van der Waals surface area (Å²) in [5.41, 5.74) is 7.15. The van der Waals surface area contributed by atoms with E-state index in [4.69, 9.17) is 10.5 Å². The lowest BCUT2D eigenvalue weighted by Gasteiger charge is -2.23. The van der Waals surface area contributed by atoms with Crippen molar-refractivity contribution in [1.82, 2.24) is 4.90 Å². The molecule has 1 aliphatic rings. The van der Waals surface area contributed by atoms with Gasteiger partial charge in [-0.15, -0.1) is 12.4 Å². The molecule has 1 saturated heterocycles. The van der Waals surface area contributed by atoms with Crippen LogP contribution in [0.4, 0.5) is 0 Å². The van der Waals surface area contributed by atoms with Crippen LogP contribution in [0.2, 0.25) is 0 Å². The quantitative estimate of drug-likeness (QED) is 0.833. The summed E-state index contributed by atoms with van der Waals surface area (Å²) in [7, 11) is 1.57. The van der Waals surface area contributed by atoms with E-state index in [1.54, 1.807) is 25.3 Å². The molecular weight excluding hydrogens is 316 g/mol. The molecule has 1 aromatic rings. The number of likely N-dealkylation sites (tertiary alicyclic amines) is 1. The third-order valence-electron chi connectivity index (χ3n) is 4.43. The van der Waals surface area contributed by atoms with Gasteiger partial charge in [-0.1, -0.05) is 6.92 Å². The molecule has 1 fully saturated rings. The summed E-state index contributed by atoms with van der Waals surface area (Å²) < 4.78 is 5.30. The van der Waals surface area contributed by atoms with E-state index in [0.717, 1.165) is 18.5 Å². The van der Waals surface area contributed by atoms with Gasteiger partial charge in [0.2, 0.25) is 5.91 Å². The van der Waals surface area contributed by atoms with Crippen molar-refractivity contribution in [2.45, 2.75) is 26.7 Å². The number of ketones is 1. The molecule has 1 aliphatic heterocycles. The maximum atomic E-state index is 12.5. The van der Waals surface area contributed by atoms with Crippen LogP contribution in [-0.4, -0.2) is 43.3 Å². The molecule has 0 spiro atoms. The van der Waals surface area contributed by atoms with E-state index in [1.807, 2.05) is 4.90 Å². The third kappa shape index (κ3) is 4.45. The number of nitrogens with zero attached hydrogens (tertiary/aromatic N) is 1. The fourth-order valence-electron chi connectivity index (χ4n) is 2.81. The number of benzene rings is 1. The first-order chi connectivity index (χ1) is 10.4. The van der Waals surface area contributed by atoms with Gasteiger partial charge < -0.3 is 15.4 Å². The Morgan fingerprint density at radius 1 is 1.39 bits per heavy atom. The van der Waals surface area contributed by atoms with E-state index in [9.17, 15) is 9.59 Å². The van der Waals surface area contributed by atoms with Crippen LogP contribution >= 0.6 is 12.4 Å². The largest absolute Gasteiger partial charge is 0.496 e. The van der Waals surface area contributed by atoms with Crippen LogP contribution < -0.4 is 10.5 Å². The minimum atomic E-state index is -0.0202. The van der Waals surface area contributed by atoms with Crippen molar-refractivity contribution in [2.75, 3.05) is 26.7 Å². The Kier molecular flexibility index (Phi) is 6.59. The first-order valence-electron chi connectivity index (χ1n) is 7.54. The molecule has 1 atom stereocenters. The summed E-state index contributed by atoms with van der Waals surface area (Å²) in [6.07, 6.45) is 1.17. The minimum absolute atomic E-state index is 0. The molecule has 1 aromatic carbocycles. The molecular formula is C17H25ClN2O3. The van der Waals surface area contributed by atoms with Gasteiger partial charge in [-0.05, 0) is 43.5 Å². The molecule has 1 unspecified atom stereocenters. The predicted octanol–water partition coefficient (Wildman–Crippen LogP) is 2.06. The fourth-order valence-corrected chi connectivity index (χ4v) is 2.81. The Labute approximate surface area is 143 Å². The van der Waals surface area contributed by atoms with E-state index in [-0.39, 0.29) is 35.9 Å². The predicted molar refractivity (Wildman–Crippen MR) is 92.3 cm³/mol. The highest BCUT2D eigenvalue weighted by Crippen LogP contribution is 2.29. The van der Waals surface area contributed by atoms with Gasteiger partial charge in [-0.2, -0.15) is 0 Å². The minimum Gasteiger partial charge on any atom is -0.496 e. The average molecular weight is 341 g/mol. The molecule has 0 aromatic heterocycles. The Bertz CT molecular complexity index is 591. The van der Waals surface area contributed by atoms with Crippen molar-refractivity contribution >= 4 is 24.1 Å². The number of methoxy groups -OCH3 is 1. The van der Waals surface area contributed by atoms with E-state index in [2.05, 4.69) is 6.92 Å². The van der Waals surface area contributed by atoms with Crippen molar-refractivity contribution in [3.05, 3.63) is 29.3 Å². The van der Waals surface area contributed by atoms with Crippen LogP contribution in [0.25, 0.3) is 0 Å². The molecule has 23 heavy (non-hydrogen) atoms. The zero-order valence-corrected chi connectivity index (χ0v) is 14.7. The smallest absolute Gasteiger partial charge is 0.227 e. The van der Waals surface area contributed by atoms with Gasteiger partial charge in [0.05, 0.1) is 13.5 Å². The number of rotatable bonds is 5. The summed E-state index contributed by atoms with van der Waals surface area (Å²) >= 11 is 0. The van der Waals surface area contributed by atoms with E-state index in [0.29, 0.717) is 24.4 Å². The highest BCUT2D eigenvalue weighted by molar-refractivity contribution is 5.94. The van der Waals surface area contributed by atoms with Gasteiger partial charge in [0.1, 0.15) is 5.75 Å². The number of hydrogen-bond acceptors (Lipinski definition) is 4. The summed E-state index contributed by atoms with van der Waals surface area (Å²) in [5, 5.41) is 0. The van der Waals surface area contributed by atoms with Gasteiger partial charge in [-0.3, -0.25) is 9.59 Å². The fraction of sp³-hybridized carbons (Fsp3) is 0.529. The normalized spacial score (nSPS) is 20.1. The second kappa shape index (κ2) is 7.79. The van der Waals surface area contributed by atoms with Crippen molar-refractivity contribution in [1.29, 1.82) is 0 Å². The molecule has 0 radical (unpaired) electrons. The Morgan fingerprint density at radius 3 is 2.61 bits per heavy atom. The van der Waals surface area contributed by atoms with Crippen LogP contribution in [0.3, 0.4) is 0 Å². The highest BCUT2D eigenvalue weighted by Gasteiger charge is 2.34. The topological polar surface area (TPSA) is 72.6 Å². The number of ether oxygens (including phenoxy) is 1. The number of halogens is 1. The van der Waals surface area contributed by atoms with E-state index >= 15 is 0 Å². The molecule has 2 rings (SSSR count). The van der Waals surface area contributed by atoms with Crippen molar-refractivity contribution in [3.63, 3.8) is 0 Å². The Morgan fingerprint density at radius 2 is 2.09 bits per heavy atom. The SMILES string of the molecule is COc1ccc(C(C)=O)cc1CC(=O)N1CCC(C)(CN)C1.Cl. The molecule has 128 valence electrons. The number of carbonyl (C=O) groups is 2. The Hall–Kier alpha value is -1.59. The maximum Gasteiger partial charge on any atom is 0.227 e.